The number of hydrogen-bond donors (Lipinski definition) is 1. The standard InChI is InChI=1S/C20H25ClN2O/c1-2-24-20-6-4-3-5-16(20)15-23-13-11-19(12-14-23)22-18-9-7-17(21)8-10-18/h3-10,19,22H,2,11-15H2,1H3. The highest BCUT2D eigenvalue weighted by Crippen LogP contribution is 2.23. The molecule has 1 fully saturated rings. The van der Waals surface area contributed by atoms with Crippen molar-refractivity contribution in [2.45, 2.75) is 32.4 Å². The quantitative estimate of drug-likeness (QED) is 0.813. The number of halogens is 1. The molecule has 0 atom stereocenters. The molecule has 1 saturated heterocycles. The third kappa shape index (κ3) is 4.65. The van der Waals surface area contributed by atoms with Crippen LogP contribution in [0.25, 0.3) is 0 Å². The van der Waals surface area contributed by atoms with E-state index in [1.807, 2.05) is 37.3 Å². The second-order valence-electron chi connectivity index (χ2n) is 6.24. The Bertz CT molecular complexity index is 636. The smallest absolute Gasteiger partial charge is 0.123 e. The first-order valence-electron chi connectivity index (χ1n) is 8.70. The summed E-state index contributed by atoms with van der Waals surface area (Å²) in [5.41, 5.74) is 2.43. The number of rotatable bonds is 6. The van der Waals surface area contributed by atoms with Crippen LogP contribution in [-0.4, -0.2) is 30.6 Å². The summed E-state index contributed by atoms with van der Waals surface area (Å²) in [7, 11) is 0. The minimum absolute atomic E-state index is 0.532. The van der Waals surface area contributed by atoms with Crippen LogP contribution in [0.1, 0.15) is 25.3 Å². The Morgan fingerprint density at radius 2 is 1.79 bits per heavy atom. The van der Waals surface area contributed by atoms with E-state index in [9.17, 15) is 0 Å². The van der Waals surface area contributed by atoms with Crippen LogP contribution in [0.5, 0.6) is 5.75 Å². The predicted molar refractivity (Wildman–Crippen MR) is 101 cm³/mol. The lowest BCUT2D eigenvalue weighted by Gasteiger charge is -2.33. The van der Waals surface area contributed by atoms with Crippen LogP contribution in [0.2, 0.25) is 5.02 Å². The Hall–Kier alpha value is -1.71. The van der Waals surface area contributed by atoms with Crippen LogP contribution < -0.4 is 10.1 Å². The zero-order valence-corrected chi connectivity index (χ0v) is 14.9. The fourth-order valence-electron chi connectivity index (χ4n) is 3.19. The van der Waals surface area contributed by atoms with Gasteiger partial charge in [-0.1, -0.05) is 29.8 Å². The summed E-state index contributed by atoms with van der Waals surface area (Å²) < 4.78 is 5.74. The van der Waals surface area contributed by atoms with Crippen LogP contribution in [0.3, 0.4) is 0 Å². The van der Waals surface area contributed by atoms with E-state index in [4.69, 9.17) is 16.3 Å². The number of nitrogens with one attached hydrogen (secondary N) is 1. The second kappa shape index (κ2) is 8.41. The van der Waals surface area contributed by atoms with Crippen molar-refractivity contribution in [2.75, 3.05) is 25.0 Å². The Morgan fingerprint density at radius 3 is 2.50 bits per heavy atom. The molecule has 0 saturated carbocycles. The molecule has 1 heterocycles. The van der Waals surface area contributed by atoms with Gasteiger partial charge in [-0.3, -0.25) is 4.90 Å². The van der Waals surface area contributed by atoms with E-state index in [0.717, 1.165) is 48.9 Å². The average Bonchev–Trinajstić information content (AvgIpc) is 2.61. The average molecular weight is 345 g/mol. The summed E-state index contributed by atoms with van der Waals surface area (Å²) in [6.07, 6.45) is 2.30. The largest absolute Gasteiger partial charge is 0.494 e. The molecule has 0 spiro atoms. The molecule has 4 heteroatoms. The van der Waals surface area contributed by atoms with Crippen LogP contribution in [0, 0.1) is 0 Å². The highest BCUT2D eigenvalue weighted by molar-refractivity contribution is 6.30. The molecule has 2 aromatic carbocycles. The maximum absolute atomic E-state index is 5.94. The fourth-order valence-corrected chi connectivity index (χ4v) is 3.31. The van der Waals surface area contributed by atoms with Gasteiger partial charge in [0.1, 0.15) is 5.75 Å². The van der Waals surface area contributed by atoms with Gasteiger partial charge in [-0.25, -0.2) is 0 Å². The molecular formula is C20H25ClN2O. The van der Waals surface area contributed by atoms with E-state index < -0.39 is 0 Å². The van der Waals surface area contributed by atoms with Crippen LogP contribution in [-0.2, 0) is 6.54 Å². The number of benzene rings is 2. The molecular weight excluding hydrogens is 320 g/mol. The predicted octanol–water partition coefficient (Wildman–Crippen LogP) is 4.82. The van der Waals surface area contributed by atoms with Gasteiger partial charge in [-0.15, -0.1) is 0 Å². The van der Waals surface area contributed by atoms with E-state index in [-0.39, 0.29) is 0 Å². The summed E-state index contributed by atoms with van der Waals surface area (Å²) in [5, 5.41) is 4.40. The molecule has 3 nitrogen and oxygen atoms in total. The maximum Gasteiger partial charge on any atom is 0.123 e. The number of piperidine rings is 1. The molecule has 24 heavy (non-hydrogen) atoms. The summed E-state index contributed by atoms with van der Waals surface area (Å²) in [4.78, 5) is 2.51. The number of para-hydroxylation sites is 1. The second-order valence-corrected chi connectivity index (χ2v) is 6.68. The van der Waals surface area contributed by atoms with Gasteiger partial charge in [0.15, 0.2) is 0 Å². The molecule has 0 bridgehead atoms. The van der Waals surface area contributed by atoms with Crippen molar-refractivity contribution in [3.63, 3.8) is 0 Å². The molecule has 0 aromatic heterocycles. The van der Waals surface area contributed by atoms with E-state index in [1.165, 1.54) is 5.56 Å². The molecule has 1 N–H and O–H groups in total. The fraction of sp³-hybridized carbons (Fsp3) is 0.400. The molecule has 1 aliphatic heterocycles. The van der Waals surface area contributed by atoms with Gasteiger partial charge < -0.3 is 10.1 Å². The highest BCUT2D eigenvalue weighted by atomic mass is 35.5. The zero-order chi connectivity index (χ0) is 16.8. The number of likely N-dealkylation sites (tertiary alicyclic amines) is 1. The van der Waals surface area contributed by atoms with Crippen molar-refractivity contribution in [3.05, 3.63) is 59.1 Å². The maximum atomic E-state index is 5.94. The number of nitrogens with zero attached hydrogens (tertiary/aromatic N) is 1. The lowest BCUT2D eigenvalue weighted by atomic mass is 10.0. The lowest BCUT2D eigenvalue weighted by Crippen LogP contribution is -2.38. The third-order valence-corrected chi connectivity index (χ3v) is 4.72. The number of hydrogen-bond acceptors (Lipinski definition) is 3. The number of ether oxygens (including phenoxy) is 1. The van der Waals surface area contributed by atoms with Crippen LogP contribution in [0.4, 0.5) is 5.69 Å². The van der Waals surface area contributed by atoms with Crippen molar-refractivity contribution in [3.8, 4) is 5.75 Å². The van der Waals surface area contributed by atoms with Gasteiger partial charge in [0.2, 0.25) is 0 Å². The molecule has 0 radical (unpaired) electrons. The van der Waals surface area contributed by atoms with Crippen molar-refractivity contribution >= 4 is 17.3 Å². The zero-order valence-electron chi connectivity index (χ0n) is 14.2. The van der Waals surface area contributed by atoms with Crippen LogP contribution in [0.15, 0.2) is 48.5 Å². The molecule has 0 unspecified atom stereocenters. The summed E-state index contributed by atoms with van der Waals surface area (Å²) in [5.74, 6) is 1.02. The molecule has 0 aliphatic carbocycles. The van der Waals surface area contributed by atoms with Gasteiger partial charge >= 0.3 is 0 Å². The summed E-state index contributed by atoms with van der Waals surface area (Å²) in [6, 6.07) is 16.9. The highest BCUT2D eigenvalue weighted by Gasteiger charge is 2.20. The van der Waals surface area contributed by atoms with E-state index in [2.05, 4.69) is 28.4 Å². The topological polar surface area (TPSA) is 24.5 Å². The number of anilines is 1. The van der Waals surface area contributed by atoms with Crippen LogP contribution >= 0.6 is 11.6 Å². The minimum Gasteiger partial charge on any atom is -0.494 e. The molecule has 2 aromatic rings. The first kappa shape index (κ1) is 17.1. The van der Waals surface area contributed by atoms with Gasteiger partial charge in [0.05, 0.1) is 6.61 Å². The summed E-state index contributed by atoms with van der Waals surface area (Å²) >= 11 is 5.94. The molecule has 3 rings (SSSR count). The Morgan fingerprint density at radius 1 is 1.08 bits per heavy atom. The van der Waals surface area contributed by atoms with Gasteiger partial charge in [-0.2, -0.15) is 0 Å². The third-order valence-electron chi connectivity index (χ3n) is 4.47. The van der Waals surface area contributed by atoms with E-state index in [1.54, 1.807) is 0 Å². The summed E-state index contributed by atoms with van der Waals surface area (Å²) in [6.45, 7) is 5.91. The normalized spacial score (nSPS) is 16.1. The van der Waals surface area contributed by atoms with E-state index in [0.29, 0.717) is 12.6 Å². The molecule has 1 aliphatic rings. The first-order valence-corrected chi connectivity index (χ1v) is 9.07. The van der Waals surface area contributed by atoms with E-state index >= 15 is 0 Å². The van der Waals surface area contributed by atoms with Gasteiger partial charge in [-0.05, 0) is 50.1 Å². The SMILES string of the molecule is CCOc1ccccc1CN1CCC(Nc2ccc(Cl)cc2)CC1. The minimum atomic E-state index is 0.532. The van der Waals surface area contributed by atoms with Crippen molar-refractivity contribution in [2.24, 2.45) is 0 Å². The lowest BCUT2D eigenvalue weighted by molar-refractivity contribution is 0.207. The Balaban J connectivity index is 1.51. The van der Waals surface area contributed by atoms with Crippen molar-refractivity contribution in [1.82, 2.24) is 4.90 Å². The molecule has 128 valence electrons. The van der Waals surface area contributed by atoms with Gasteiger partial charge in [0.25, 0.3) is 0 Å². The van der Waals surface area contributed by atoms with Gasteiger partial charge in [0, 0.05) is 41.9 Å². The molecule has 0 amide bonds. The monoisotopic (exact) mass is 344 g/mol. The van der Waals surface area contributed by atoms with Crippen molar-refractivity contribution < 1.29 is 4.74 Å². The Labute approximate surface area is 149 Å². The Kier molecular flexibility index (Phi) is 6.00. The van der Waals surface area contributed by atoms with Crippen molar-refractivity contribution in [1.29, 1.82) is 0 Å². The first-order chi connectivity index (χ1) is 11.7.